The van der Waals surface area contributed by atoms with Crippen LogP contribution in [0.3, 0.4) is 0 Å². The van der Waals surface area contributed by atoms with Crippen molar-refractivity contribution in [3.05, 3.63) is 41.2 Å². The topological polar surface area (TPSA) is 59.3 Å². The summed E-state index contributed by atoms with van der Waals surface area (Å²) in [5.41, 5.74) is 1.83. The fraction of sp³-hybridized carbons (Fsp3) is 0.471. The number of nitrogens with one attached hydrogen (secondary N) is 2. The smallest absolute Gasteiger partial charge is 0.226 e. The van der Waals surface area contributed by atoms with Gasteiger partial charge in [-0.15, -0.1) is 0 Å². The summed E-state index contributed by atoms with van der Waals surface area (Å²) in [4.78, 5) is 4.56. The first-order valence-corrected chi connectivity index (χ1v) is 8.24. The van der Waals surface area contributed by atoms with Crippen LogP contribution in [0.5, 0.6) is 0 Å². The molecule has 1 fully saturated rings. The Morgan fingerprint density at radius 3 is 2.74 bits per heavy atom. The van der Waals surface area contributed by atoms with Gasteiger partial charge in [0.25, 0.3) is 0 Å². The van der Waals surface area contributed by atoms with Crippen LogP contribution in [0.2, 0.25) is 5.02 Å². The predicted octanol–water partition coefficient (Wildman–Crippen LogP) is 2.85. The highest BCUT2D eigenvalue weighted by atomic mass is 35.5. The van der Waals surface area contributed by atoms with Gasteiger partial charge in [0.15, 0.2) is 0 Å². The number of oxazole rings is 1. The molecular formula is C17H22ClN3O2. The van der Waals surface area contributed by atoms with E-state index in [2.05, 4.69) is 15.6 Å². The zero-order valence-corrected chi connectivity index (χ0v) is 14.0. The van der Waals surface area contributed by atoms with Crippen molar-refractivity contribution in [2.24, 2.45) is 0 Å². The minimum Gasteiger partial charge on any atom is -0.444 e. The average molecular weight is 336 g/mol. The molecule has 0 saturated carbocycles. The lowest BCUT2D eigenvalue weighted by molar-refractivity contribution is 0.0850. The molecule has 1 aliphatic rings. The number of rotatable bonds is 6. The molecule has 124 valence electrons. The maximum Gasteiger partial charge on any atom is 0.226 e. The van der Waals surface area contributed by atoms with E-state index in [4.69, 9.17) is 20.8 Å². The third kappa shape index (κ3) is 4.12. The van der Waals surface area contributed by atoms with Crippen LogP contribution in [0.15, 0.2) is 34.9 Å². The second-order valence-corrected chi connectivity index (χ2v) is 6.40. The van der Waals surface area contributed by atoms with E-state index in [1.165, 1.54) is 0 Å². The highest BCUT2D eigenvalue weighted by Crippen LogP contribution is 2.22. The van der Waals surface area contributed by atoms with E-state index in [0.717, 1.165) is 37.2 Å². The van der Waals surface area contributed by atoms with Gasteiger partial charge in [0, 0.05) is 29.8 Å². The summed E-state index contributed by atoms with van der Waals surface area (Å²) in [6, 6.07) is 7.48. The Morgan fingerprint density at radius 1 is 1.30 bits per heavy atom. The quantitative estimate of drug-likeness (QED) is 0.850. The molecule has 1 aromatic carbocycles. The van der Waals surface area contributed by atoms with Gasteiger partial charge in [-0.2, -0.15) is 0 Å². The van der Waals surface area contributed by atoms with Crippen molar-refractivity contribution in [1.29, 1.82) is 0 Å². The van der Waals surface area contributed by atoms with Crippen molar-refractivity contribution in [2.45, 2.75) is 24.9 Å². The molecule has 5 nitrogen and oxygen atoms in total. The minimum atomic E-state index is 0.0133. The zero-order valence-electron chi connectivity index (χ0n) is 13.3. The molecule has 1 aromatic heterocycles. The summed E-state index contributed by atoms with van der Waals surface area (Å²) < 4.78 is 11.0. The molecule has 0 atom stereocenters. The molecule has 0 spiro atoms. The lowest BCUT2D eigenvalue weighted by Gasteiger charge is -2.37. The molecule has 0 unspecified atom stereocenters. The fourth-order valence-corrected chi connectivity index (χ4v) is 3.07. The van der Waals surface area contributed by atoms with Crippen LogP contribution in [-0.2, 0) is 11.3 Å². The molecule has 3 rings (SSSR count). The molecule has 0 aliphatic carbocycles. The van der Waals surface area contributed by atoms with Gasteiger partial charge in [-0.1, -0.05) is 11.6 Å². The van der Waals surface area contributed by atoms with Crippen LogP contribution in [0.4, 0.5) is 0 Å². The molecule has 0 radical (unpaired) electrons. The van der Waals surface area contributed by atoms with Crippen molar-refractivity contribution >= 4 is 11.6 Å². The average Bonchev–Trinajstić information content (AvgIpc) is 3.04. The number of aromatic nitrogens is 1. The Morgan fingerprint density at radius 2 is 2.04 bits per heavy atom. The van der Waals surface area contributed by atoms with Crippen molar-refractivity contribution in [3.8, 4) is 11.5 Å². The second kappa shape index (κ2) is 7.45. The van der Waals surface area contributed by atoms with E-state index in [1.54, 1.807) is 13.4 Å². The number of halogens is 1. The first-order chi connectivity index (χ1) is 11.2. The number of methoxy groups -OCH3 is 1. The van der Waals surface area contributed by atoms with E-state index in [-0.39, 0.29) is 5.54 Å². The van der Waals surface area contributed by atoms with E-state index < -0.39 is 0 Å². The largest absolute Gasteiger partial charge is 0.444 e. The predicted molar refractivity (Wildman–Crippen MR) is 90.5 cm³/mol. The van der Waals surface area contributed by atoms with Crippen LogP contribution in [0, 0.1) is 0 Å². The van der Waals surface area contributed by atoms with Crippen molar-refractivity contribution in [3.63, 3.8) is 0 Å². The lowest BCUT2D eigenvalue weighted by atomic mass is 9.89. The Labute approximate surface area is 141 Å². The number of hydrogen-bond acceptors (Lipinski definition) is 5. The third-order valence-electron chi connectivity index (χ3n) is 4.27. The summed E-state index contributed by atoms with van der Waals surface area (Å²) >= 11 is 5.91. The number of nitrogens with zero attached hydrogens (tertiary/aromatic N) is 1. The van der Waals surface area contributed by atoms with Gasteiger partial charge in [-0.3, -0.25) is 0 Å². The van der Waals surface area contributed by atoms with Crippen LogP contribution in [-0.4, -0.2) is 37.3 Å². The van der Waals surface area contributed by atoms with Gasteiger partial charge in [0.1, 0.15) is 6.26 Å². The SMILES string of the molecule is COCC1(NCc2coc(-c3ccc(Cl)cc3)n2)CCNCC1. The van der Waals surface area contributed by atoms with E-state index in [0.29, 0.717) is 24.1 Å². The standard InChI is InChI=1S/C17H22ClN3O2/c1-22-12-17(6-8-19-9-7-17)20-10-15-11-23-16(21-15)13-2-4-14(18)5-3-13/h2-5,11,19-20H,6-10,12H2,1H3. The third-order valence-corrected chi connectivity index (χ3v) is 4.52. The fourth-order valence-electron chi connectivity index (χ4n) is 2.95. The molecule has 2 N–H and O–H groups in total. The van der Waals surface area contributed by atoms with Gasteiger partial charge >= 0.3 is 0 Å². The van der Waals surface area contributed by atoms with Crippen LogP contribution in [0.1, 0.15) is 18.5 Å². The van der Waals surface area contributed by atoms with Gasteiger partial charge in [0.2, 0.25) is 5.89 Å². The van der Waals surface area contributed by atoms with Crippen molar-refractivity contribution in [1.82, 2.24) is 15.6 Å². The molecule has 1 saturated heterocycles. The second-order valence-electron chi connectivity index (χ2n) is 5.97. The normalized spacial score (nSPS) is 17.3. The lowest BCUT2D eigenvalue weighted by Crippen LogP contribution is -2.55. The summed E-state index contributed by atoms with van der Waals surface area (Å²) in [6.07, 6.45) is 3.80. The monoisotopic (exact) mass is 335 g/mol. The molecule has 2 heterocycles. The summed E-state index contributed by atoms with van der Waals surface area (Å²) in [5.74, 6) is 0.615. The molecule has 2 aromatic rings. The van der Waals surface area contributed by atoms with Gasteiger partial charge in [0.05, 0.1) is 12.3 Å². The molecule has 6 heteroatoms. The van der Waals surface area contributed by atoms with Gasteiger partial charge in [-0.25, -0.2) is 4.98 Å². The Kier molecular flexibility index (Phi) is 5.33. The van der Waals surface area contributed by atoms with Gasteiger partial charge in [-0.05, 0) is 50.2 Å². The maximum absolute atomic E-state index is 5.91. The van der Waals surface area contributed by atoms with Crippen LogP contribution >= 0.6 is 11.6 Å². The van der Waals surface area contributed by atoms with E-state index in [9.17, 15) is 0 Å². The zero-order chi connectivity index (χ0) is 16.1. The first-order valence-electron chi connectivity index (χ1n) is 7.86. The van der Waals surface area contributed by atoms with Crippen molar-refractivity contribution < 1.29 is 9.15 Å². The Balaban J connectivity index is 1.65. The maximum atomic E-state index is 5.91. The van der Waals surface area contributed by atoms with Crippen molar-refractivity contribution in [2.75, 3.05) is 26.8 Å². The number of benzene rings is 1. The molecule has 0 amide bonds. The highest BCUT2D eigenvalue weighted by molar-refractivity contribution is 6.30. The van der Waals surface area contributed by atoms with E-state index in [1.807, 2.05) is 24.3 Å². The van der Waals surface area contributed by atoms with Crippen LogP contribution < -0.4 is 10.6 Å². The Hall–Kier alpha value is -1.40. The summed E-state index contributed by atoms with van der Waals surface area (Å²) in [5, 5.41) is 7.71. The first kappa shape index (κ1) is 16.5. The van der Waals surface area contributed by atoms with Crippen LogP contribution in [0.25, 0.3) is 11.5 Å². The molecule has 0 bridgehead atoms. The summed E-state index contributed by atoms with van der Waals surface area (Å²) in [7, 11) is 1.75. The Bertz CT molecular complexity index is 616. The van der Waals surface area contributed by atoms with E-state index >= 15 is 0 Å². The molecule has 1 aliphatic heterocycles. The minimum absolute atomic E-state index is 0.0133. The number of ether oxygens (including phenoxy) is 1. The summed E-state index contributed by atoms with van der Waals surface area (Å²) in [6.45, 7) is 3.38. The highest BCUT2D eigenvalue weighted by Gasteiger charge is 2.31. The number of piperidine rings is 1. The molecule has 23 heavy (non-hydrogen) atoms. The van der Waals surface area contributed by atoms with Gasteiger partial charge < -0.3 is 19.8 Å². The molecular weight excluding hydrogens is 314 g/mol. The number of hydrogen-bond donors (Lipinski definition) is 2.